The van der Waals surface area contributed by atoms with Gasteiger partial charge in [0.05, 0.1) is 22.8 Å². The van der Waals surface area contributed by atoms with Gasteiger partial charge in [0.25, 0.3) is 0 Å². The molecule has 0 radical (unpaired) electrons. The van der Waals surface area contributed by atoms with E-state index in [1.807, 2.05) is 0 Å². The molecule has 2 amide bonds. The van der Waals surface area contributed by atoms with Crippen LogP contribution < -0.4 is 10.6 Å². The first-order valence-electron chi connectivity index (χ1n) is 11.1. The maximum Gasteiger partial charge on any atom is 0.471 e. The van der Waals surface area contributed by atoms with Crippen LogP contribution in [0.25, 0.3) is 0 Å². The van der Waals surface area contributed by atoms with E-state index in [9.17, 15) is 49.1 Å². The Labute approximate surface area is 227 Å². The maximum atomic E-state index is 12.6. The van der Waals surface area contributed by atoms with Crippen molar-refractivity contribution in [2.75, 3.05) is 23.0 Å². The summed E-state index contributed by atoms with van der Waals surface area (Å²) in [5, 5.41) is 2.78. The Bertz CT molecular complexity index is 1250. The lowest BCUT2D eigenvalue weighted by Gasteiger charge is -2.13. The van der Waals surface area contributed by atoms with Crippen molar-refractivity contribution >= 4 is 54.9 Å². The van der Waals surface area contributed by atoms with E-state index in [-0.39, 0.29) is 23.7 Å². The van der Waals surface area contributed by atoms with E-state index >= 15 is 0 Å². The number of halogens is 7. The minimum atomic E-state index is -5.33. The zero-order valence-electron chi connectivity index (χ0n) is 19.8. The number of unbranched alkanes of at least 4 members (excludes halogenated alkanes) is 3. The molecule has 0 aliphatic carbocycles. The second-order valence-corrected chi connectivity index (χ2v) is 11.1. The molecule has 0 unspecified atom stereocenters. The van der Waals surface area contributed by atoms with E-state index in [1.54, 1.807) is 12.1 Å². The van der Waals surface area contributed by atoms with Crippen LogP contribution in [-0.4, -0.2) is 50.9 Å². The largest absolute Gasteiger partial charge is 0.471 e. The van der Waals surface area contributed by atoms with Crippen molar-refractivity contribution in [3.63, 3.8) is 0 Å². The normalized spacial score (nSPS) is 12.1. The number of amides is 2. The van der Waals surface area contributed by atoms with Crippen LogP contribution in [-0.2, 0) is 24.2 Å². The zero-order chi connectivity index (χ0) is 29.4. The number of carbonyl (C=O) groups is 3. The molecule has 0 aliphatic rings. The summed E-state index contributed by atoms with van der Waals surface area (Å²) in [5.74, 6) is -6.15. The molecule has 0 aromatic heterocycles. The molecule has 39 heavy (non-hydrogen) atoms. The van der Waals surface area contributed by atoms with Gasteiger partial charge in [-0.05, 0) is 55.3 Å². The van der Waals surface area contributed by atoms with Crippen LogP contribution in [0.4, 0.5) is 37.7 Å². The predicted molar refractivity (Wildman–Crippen MR) is 131 cm³/mol. The van der Waals surface area contributed by atoms with Gasteiger partial charge in [0.2, 0.25) is 0 Å². The van der Waals surface area contributed by atoms with Crippen molar-refractivity contribution in [3.05, 3.63) is 52.5 Å². The fourth-order valence-electron chi connectivity index (χ4n) is 3.05. The average molecular weight is 647 g/mol. The molecule has 0 aliphatic heterocycles. The van der Waals surface area contributed by atoms with Gasteiger partial charge in [-0.3, -0.25) is 9.59 Å². The van der Waals surface area contributed by atoms with Gasteiger partial charge in [0, 0.05) is 15.8 Å². The third-order valence-corrected chi connectivity index (χ3v) is 7.26. The summed E-state index contributed by atoms with van der Waals surface area (Å²) in [5.41, 5.74) is -1.96. The van der Waals surface area contributed by atoms with Crippen molar-refractivity contribution in [2.24, 2.45) is 0 Å². The van der Waals surface area contributed by atoms with Gasteiger partial charge in [0.15, 0.2) is 9.84 Å². The number of hydrogen-bond donors (Lipinski definition) is 2. The summed E-state index contributed by atoms with van der Waals surface area (Å²) in [7, 11) is -3.47. The molecule has 2 rings (SSSR count). The van der Waals surface area contributed by atoms with Crippen molar-refractivity contribution in [1.82, 2.24) is 0 Å². The molecule has 0 saturated heterocycles. The molecule has 2 aromatic carbocycles. The highest BCUT2D eigenvalue weighted by molar-refractivity contribution is 9.10. The van der Waals surface area contributed by atoms with Crippen molar-refractivity contribution in [1.29, 1.82) is 0 Å². The van der Waals surface area contributed by atoms with E-state index in [2.05, 4.69) is 15.9 Å². The molecule has 2 N–H and O–H groups in total. The summed E-state index contributed by atoms with van der Waals surface area (Å²) in [6, 6.07) is 8.24. The number of carbonyl (C=O) groups excluding carboxylic acids is 3. The van der Waals surface area contributed by atoms with Gasteiger partial charge in [0.1, 0.15) is 0 Å². The number of ether oxygens (including phenoxy) is 1. The Morgan fingerprint density at radius 2 is 1.26 bits per heavy atom. The molecule has 0 bridgehead atoms. The Morgan fingerprint density at radius 3 is 1.74 bits per heavy atom. The molecule has 0 spiro atoms. The fraction of sp³-hybridized carbons (Fsp3) is 0.348. The van der Waals surface area contributed by atoms with Gasteiger partial charge >= 0.3 is 30.1 Å². The standard InChI is InChI=1S/C23H21BrF6N2O6S/c24-15-5-7-18(8-6-15)39(36,37)10-4-2-1-3-9-38-19(33)14-11-16(31-20(34)22(25,26)27)13-17(12-14)32-21(35)23(28,29)30/h5-8,11-13H,1-4,9-10H2,(H,31,34)(H,32,35). The highest BCUT2D eigenvalue weighted by Crippen LogP contribution is 2.25. The molecular formula is C23H21BrF6N2O6S. The molecular weight excluding hydrogens is 626 g/mol. The fourth-order valence-corrected chi connectivity index (χ4v) is 4.68. The number of sulfone groups is 1. The first kappa shape index (κ1) is 32.1. The summed E-state index contributed by atoms with van der Waals surface area (Å²) in [6.45, 7) is -0.193. The maximum absolute atomic E-state index is 12.6. The number of anilines is 2. The van der Waals surface area contributed by atoms with E-state index < -0.39 is 56.9 Å². The number of esters is 1. The molecule has 0 heterocycles. The van der Waals surface area contributed by atoms with E-state index in [0.29, 0.717) is 25.3 Å². The lowest BCUT2D eigenvalue weighted by Crippen LogP contribution is -2.31. The first-order chi connectivity index (χ1) is 18.0. The van der Waals surface area contributed by atoms with Crippen molar-refractivity contribution < 1.29 is 53.9 Å². The summed E-state index contributed by atoms with van der Waals surface area (Å²) < 4.78 is 106. The third kappa shape index (κ3) is 10.5. The Hall–Kier alpha value is -3.14. The van der Waals surface area contributed by atoms with Gasteiger partial charge in [-0.25, -0.2) is 13.2 Å². The van der Waals surface area contributed by atoms with Gasteiger partial charge in [-0.1, -0.05) is 28.8 Å². The SMILES string of the molecule is O=C(OCCCCCCS(=O)(=O)c1ccc(Br)cc1)c1cc(NC(=O)C(F)(F)F)cc(NC(=O)C(F)(F)F)c1. The predicted octanol–water partition coefficient (Wildman–Crippen LogP) is 5.64. The molecule has 2 aromatic rings. The van der Waals surface area contributed by atoms with E-state index in [4.69, 9.17) is 4.74 Å². The van der Waals surface area contributed by atoms with Crippen LogP contribution in [0.2, 0.25) is 0 Å². The van der Waals surface area contributed by atoms with Crippen LogP contribution in [0.5, 0.6) is 0 Å². The minimum absolute atomic E-state index is 0.0999. The minimum Gasteiger partial charge on any atom is -0.462 e. The van der Waals surface area contributed by atoms with E-state index in [0.717, 1.165) is 16.6 Å². The second kappa shape index (κ2) is 13.3. The van der Waals surface area contributed by atoms with Crippen molar-refractivity contribution in [2.45, 2.75) is 42.9 Å². The van der Waals surface area contributed by atoms with Crippen LogP contribution in [0, 0.1) is 0 Å². The number of alkyl halides is 6. The van der Waals surface area contributed by atoms with Crippen LogP contribution in [0.1, 0.15) is 36.0 Å². The Balaban J connectivity index is 1.94. The smallest absolute Gasteiger partial charge is 0.462 e. The first-order valence-corrected chi connectivity index (χ1v) is 13.5. The van der Waals surface area contributed by atoms with Gasteiger partial charge < -0.3 is 15.4 Å². The zero-order valence-corrected chi connectivity index (χ0v) is 22.2. The molecule has 0 saturated carbocycles. The molecule has 214 valence electrons. The number of nitrogens with one attached hydrogen (secondary N) is 2. The molecule has 0 fully saturated rings. The molecule has 0 atom stereocenters. The highest BCUT2D eigenvalue weighted by atomic mass is 79.9. The van der Waals surface area contributed by atoms with Crippen LogP contribution >= 0.6 is 15.9 Å². The Morgan fingerprint density at radius 1 is 0.769 bits per heavy atom. The van der Waals surface area contributed by atoms with Crippen LogP contribution in [0.3, 0.4) is 0 Å². The molecule has 8 nitrogen and oxygen atoms in total. The highest BCUT2D eigenvalue weighted by Gasteiger charge is 2.40. The quantitative estimate of drug-likeness (QED) is 0.185. The van der Waals surface area contributed by atoms with Gasteiger partial charge in [-0.2, -0.15) is 26.3 Å². The van der Waals surface area contributed by atoms with Crippen molar-refractivity contribution in [3.8, 4) is 0 Å². The molecule has 16 heteroatoms. The second-order valence-electron chi connectivity index (χ2n) is 8.03. The third-order valence-electron chi connectivity index (χ3n) is 4.91. The summed E-state index contributed by atoms with van der Waals surface area (Å²) >= 11 is 3.22. The lowest BCUT2D eigenvalue weighted by molar-refractivity contribution is -0.167. The van der Waals surface area contributed by atoms with E-state index in [1.165, 1.54) is 22.8 Å². The summed E-state index contributed by atoms with van der Waals surface area (Å²) in [6.07, 6.45) is -9.12. The van der Waals surface area contributed by atoms with Gasteiger partial charge in [-0.15, -0.1) is 0 Å². The van der Waals surface area contributed by atoms with Crippen LogP contribution in [0.15, 0.2) is 51.8 Å². The monoisotopic (exact) mass is 646 g/mol. The topological polar surface area (TPSA) is 119 Å². The Kier molecular flexibility index (Phi) is 10.9. The summed E-state index contributed by atoms with van der Waals surface area (Å²) in [4.78, 5) is 34.9. The number of rotatable bonds is 11. The number of hydrogen-bond acceptors (Lipinski definition) is 6. The number of benzene rings is 2. The average Bonchev–Trinajstić information content (AvgIpc) is 2.82. The lowest BCUT2D eigenvalue weighted by atomic mass is 10.1.